The van der Waals surface area contributed by atoms with E-state index in [1.807, 2.05) is 85.7 Å². The number of anilines is 2. The van der Waals surface area contributed by atoms with Gasteiger partial charge >= 0.3 is 12.1 Å². The van der Waals surface area contributed by atoms with Gasteiger partial charge in [-0.1, -0.05) is 36.4 Å². The third kappa shape index (κ3) is 9.06. The van der Waals surface area contributed by atoms with Gasteiger partial charge in [0.1, 0.15) is 17.3 Å². The van der Waals surface area contributed by atoms with Crippen LogP contribution in [0.1, 0.15) is 36.0 Å². The molecule has 1 saturated carbocycles. The first-order valence-corrected chi connectivity index (χ1v) is 14.1. The summed E-state index contributed by atoms with van der Waals surface area (Å²) >= 11 is 0. The van der Waals surface area contributed by atoms with Crippen LogP contribution in [0.3, 0.4) is 0 Å². The lowest BCUT2D eigenvalue weighted by atomic mass is 9.86. The molecule has 1 amide bonds. The molecule has 4 aromatic rings. The number of amides is 1. The molecule has 1 aliphatic carbocycles. The van der Waals surface area contributed by atoms with Crippen LogP contribution in [0.5, 0.6) is 11.5 Å². The summed E-state index contributed by atoms with van der Waals surface area (Å²) in [5, 5.41) is 14.9. The third-order valence-corrected chi connectivity index (χ3v) is 7.06. The smallest absolute Gasteiger partial charge is 0.475 e. The Kier molecular flexibility index (Phi) is 10.6. The van der Waals surface area contributed by atoms with Gasteiger partial charge in [0.25, 0.3) is 5.91 Å². The molecule has 3 aromatic carbocycles. The molecule has 0 bridgehead atoms. The lowest BCUT2D eigenvalue weighted by molar-refractivity contribution is -0.192. The first-order chi connectivity index (χ1) is 21.0. The van der Waals surface area contributed by atoms with Gasteiger partial charge < -0.3 is 25.4 Å². The number of alkyl halides is 3. The van der Waals surface area contributed by atoms with Crippen molar-refractivity contribution in [2.45, 2.75) is 37.9 Å². The Morgan fingerprint density at radius 2 is 1.55 bits per heavy atom. The quantitative estimate of drug-likeness (QED) is 0.207. The Bertz CT molecular complexity index is 1560. The van der Waals surface area contributed by atoms with Crippen LogP contribution in [0.15, 0.2) is 78.9 Å². The number of para-hydroxylation sites is 2. The largest absolute Gasteiger partial charge is 0.490 e. The van der Waals surface area contributed by atoms with Crippen molar-refractivity contribution in [2.75, 3.05) is 30.9 Å². The number of nitrogens with zero attached hydrogens (tertiary/aromatic N) is 3. The number of aliphatic carboxylic acids is 1. The molecule has 1 fully saturated rings. The highest BCUT2D eigenvalue weighted by atomic mass is 19.4. The number of carbonyl (C=O) groups excluding carboxylic acids is 1. The standard InChI is InChI=1S/C30H33N5O2.C2HF3O2/c1-35(2)28-26-13-6-7-14-27(26)33-30(34-28)32-23-17-15-21(16-18-23)20-31-29(36)22-9-8-12-25(19-22)37-24-10-4-3-5-11-24;3-2(4,5)1(6)7/h3-14,19,21,23H,15-18,20H2,1-2H3,(H,31,36)(H,32,33,34);(H,6,7). The number of ether oxygens (including phenoxy) is 1. The first kappa shape index (κ1) is 32.1. The number of hydrogen-bond donors (Lipinski definition) is 3. The Hall–Kier alpha value is -4.87. The van der Waals surface area contributed by atoms with E-state index in [0.717, 1.165) is 48.2 Å². The summed E-state index contributed by atoms with van der Waals surface area (Å²) < 4.78 is 37.6. The minimum atomic E-state index is -5.08. The van der Waals surface area contributed by atoms with Crippen LogP contribution in [-0.4, -0.2) is 59.8 Å². The summed E-state index contributed by atoms with van der Waals surface area (Å²) in [7, 11) is 4.01. The lowest BCUT2D eigenvalue weighted by Gasteiger charge is -2.29. The molecule has 232 valence electrons. The van der Waals surface area contributed by atoms with Gasteiger partial charge in [0.05, 0.1) is 5.52 Å². The number of halogens is 3. The monoisotopic (exact) mass is 609 g/mol. The highest BCUT2D eigenvalue weighted by molar-refractivity contribution is 5.94. The average Bonchev–Trinajstić information content (AvgIpc) is 3.00. The Balaban J connectivity index is 0.000000566. The Labute approximate surface area is 253 Å². The van der Waals surface area contributed by atoms with Crippen molar-refractivity contribution >= 4 is 34.5 Å². The Morgan fingerprint density at radius 3 is 2.20 bits per heavy atom. The number of rotatable bonds is 8. The minimum absolute atomic E-state index is 0.0699. The van der Waals surface area contributed by atoms with Crippen LogP contribution in [0, 0.1) is 5.92 Å². The Morgan fingerprint density at radius 1 is 0.909 bits per heavy atom. The lowest BCUT2D eigenvalue weighted by Crippen LogP contribution is -2.34. The zero-order valence-corrected chi connectivity index (χ0v) is 24.3. The topological polar surface area (TPSA) is 117 Å². The number of carboxylic acid groups (broad SMARTS) is 1. The normalized spacial score (nSPS) is 16.3. The van der Waals surface area contributed by atoms with Crippen molar-refractivity contribution in [3.8, 4) is 11.5 Å². The van der Waals surface area contributed by atoms with Crippen molar-refractivity contribution in [3.05, 3.63) is 84.4 Å². The summed E-state index contributed by atoms with van der Waals surface area (Å²) in [6.07, 6.45) is -0.949. The van der Waals surface area contributed by atoms with Crippen molar-refractivity contribution < 1.29 is 32.6 Å². The molecule has 1 aliphatic rings. The van der Waals surface area contributed by atoms with Crippen molar-refractivity contribution in [3.63, 3.8) is 0 Å². The number of fused-ring (bicyclic) bond motifs is 1. The predicted octanol–water partition coefficient (Wildman–Crippen LogP) is 6.52. The minimum Gasteiger partial charge on any atom is -0.475 e. The molecule has 0 radical (unpaired) electrons. The van der Waals surface area contributed by atoms with Gasteiger partial charge in [-0.05, 0) is 74.1 Å². The molecule has 44 heavy (non-hydrogen) atoms. The summed E-state index contributed by atoms with van der Waals surface area (Å²) in [6.45, 7) is 0.673. The van der Waals surface area contributed by atoms with E-state index in [1.54, 1.807) is 6.07 Å². The zero-order valence-electron chi connectivity index (χ0n) is 24.3. The van der Waals surface area contributed by atoms with Gasteiger partial charge in [-0.3, -0.25) is 4.79 Å². The maximum absolute atomic E-state index is 12.8. The molecule has 0 spiro atoms. The third-order valence-electron chi connectivity index (χ3n) is 7.06. The molecule has 0 unspecified atom stereocenters. The molecule has 3 N–H and O–H groups in total. The van der Waals surface area contributed by atoms with Crippen LogP contribution in [0.4, 0.5) is 24.9 Å². The fourth-order valence-electron chi connectivity index (χ4n) is 4.82. The summed E-state index contributed by atoms with van der Waals surface area (Å²) in [4.78, 5) is 33.2. The summed E-state index contributed by atoms with van der Waals surface area (Å²) in [5.41, 5.74) is 1.55. The number of aromatic nitrogens is 2. The maximum atomic E-state index is 12.8. The van der Waals surface area contributed by atoms with Gasteiger partial charge in [0, 0.05) is 37.6 Å². The number of benzene rings is 3. The van der Waals surface area contributed by atoms with E-state index in [4.69, 9.17) is 24.6 Å². The zero-order chi connectivity index (χ0) is 31.7. The predicted molar refractivity (Wildman–Crippen MR) is 162 cm³/mol. The van der Waals surface area contributed by atoms with Crippen molar-refractivity contribution in [1.82, 2.24) is 15.3 Å². The van der Waals surface area contributed by atoms with Crippen LogP contribution < -0.4 is 20.3 Å². The van der Waals surface area contributed by atoms with Crippen LogP contribution in [0.25, 0.3) is 10.9 Å². The molecule has 1 aromatic heterocycles. The molecule has 12 heteroatoms. The molecule has 0 saturated heterocycles. The maximum Gasteiger partial charge on any atom is 0.490 e. The van der Waals surface area contributed by atoms with E-state index in [2.05, 4.69) is 16.7 Å². The van der Waals surface area contributed by atoms with E-state index in [0.29, 0.717) is 35.8 Å². The highest BCUT2D eigenvalue weighted by Gasteiger charge is 2.38. The fraction of sp³-hybridized carbons (Fsp3) is 0.312. The van der Waals surface area contributed by atoms with Gasteiger partial charge in [0.15, 0.2) is 0 Å². The highest BCUT2D eigenvalue weighted by Crippen LogP contribution is 2.28. The van der Waals surface area contributed by atoms with Crippen LogP contribution in [0.2, 0.25) is 0 Å². The van der Waals surface area contributed by atoms with Gasteiger partial charge in [-0.15, -0.1) is 0 Å². The number of carbonyl (C=O) groups is 2. The van der Waals surface area contributed by atoms with Gasteiger partial charge in [-0.25, -0.2) is 9.78 Å². The molecular formula is C32H34F3N5O4. The molecule has 9 nitrogen and oxygen atoms in total. The fourth-order valence-corrected chi connectivity index (χ4v) is 4.82. The molecular weight excluding hydrogens is 575 g/mol. The molecule has 0 aliphatic heterocycles. The van der Waals surface area contributed by atoms with Crippen LogP contribution in [-0.2, 0) is 4.79 Å². The second-order valence-corrected chi connectivity index (χ2v) is 10.6. The number of nitrogens with one attached hydrogen (secondary N) is 2. The number of carboxylic acids is 1. The van der Waals surface area contributed by atoms with Crippen molar-refractivity contribution in [2.24, 2.45) is 5.92 Å². The molecule has 1 heterocycles. The van der Waals surface area contributed by atoms with Gasteiger partial charge in [-0.2, -0.15) is 18.2 Å². The SMILES string of the molecule is CN(C)c1nc(NC2CCC(CNC(=O)c3cccc(Oc4ccccc4)c3)CC2)nc2ccccc12.O=C(O)C(F)(F)F. The van der Waals surface area contributed by atoms with Crippen LogP contribution >= 0.6 is 0 Å². The molecule has 5 rings (SSSR count). The first-order valence-electron chi connectivity index (χ1n) is 14.1. The van der Waals surface area contributed by atoms with Gasteiger partial charge in [0.2, 0.25) is 5.95 Å². The van der Waals surface area contributed by atoms with E-state index < -0.39 is 12.1 Å². The van der Waals surface area contributed by atoms with E-state index in [-0.39, 0.29) is 5.91 Å². The van der Waals surface area contributed by atoms with E-state index in [9.17, 15) is 18.0 Å². The average molecular weight is 610 g/mol. The summed E-state index contributed by atoms with van der Waals surface area (Å²) in [5.74, 6) is 0.628. The van der Waals surface area contributed by atoms with E-state index >= 15 is 0 Å². The summed E-state index contributed by atoms with van der Waals surface area (Å²) in [6, 6.07) is 25.3. The number of hydrogen-bond acceptors (Lipinski definition) is 7. The molecule has 0 atom stereocenters. The second kappa shape index (κ2) is 14.5. The van der Waals surface area contributed by atoms with E-state index in [1.165, 1.54) is 0 Å². The van der Waals surface area contributed by atoms with Crippen molar-refractivity contribution in [1.29, 1.82) is 0 Å². The second-order valence-electron chi connectivity index (χ2n) is 10.6.